The number of nitrogens with one attached hydrogen (secondary N) is 1. The fourth-order valence-corrected chi connectivity index (χ4v) is 12.7. The number of amides is 1. The lowest BCUT2D eigenvalue weighted by molar-refractivity contribution is -0.138. The van der Waals surface area contributed by atoms with Gasteiger partial charge in [-0.3, -0.25) is 0 Å². The van der Waals surface area contributed by atoms with Crippen LogP contribution in [0.15, 0.2) is 108 Å². The molecule has 1 amide bonds. The number of thioether (sulfide) groups is 1. The number of nitrogens with zero attached hydrogens (tertiary/aromatic N) is 2. The molecule has 5 aromatic carbocycles. The lowest BCUT2D eigenvalue weighted by Gasteiger charge is -2.45. The summed E-state index contributed by atoms with van der Waals surface area (Å²) in [5.41, 5.74) is 10.6. The van der Waals surface area contributed by atoms with Gasteiger partial charge in [-0.15, -0.1) is 11.8 Å². The SMILES string of the molecule is CN(C)c1ccc2c(c1)[Si](C)(C)c1cc(N(C)C)ccc1C21OCc2cc(SC[C@H](NC(=O)OCC3c4ccccc4-c4ccccc43)C(=O)O)ccc21. The molecule has 0 saturated carbocycles. The molecule has 2 aliphatic heterocycles. The van der Waals surface area contributed by atoms with Crippen molar-refractivity contribution < 1.29 is 24.2 Å². The maximum absolute atomic E-state index is 13.0. The number of hydrogen-bond acceptors (Lipinski definition) is 7. The van der Waals surface area contributed by atoms with E-state index in [0.29, 0.717) is 6.61 Å². The van der Waals surface area contributed by atoms with E-state index in [-0.39, 0.29) is 18.3 Å². The van der Waals surface area contributed by atoms with Gasteiger partial charge in [-0.1, -0.05) is 79.8 Å². The molecule has 0 radical (unpaired) electrons. The van der Waals surface area contributed by atoms with Gasteiger partial charge in [-0.05, 0) is 91.3 Å². The molecular weight excluding hydrogens is 711 g/mol. The molecule has 3 aliphatic rings. The number of anilines is 2. The molecule has 8 nitrogen and oxygen atoms in total. The van der Waals surface area contributed by atoms with E-state index >= 15 is 0 Å². The summed E-state index contributed by atoms with van der Waals surface area (Å²) in [4.78, 5) is 30.6. The Morgan fingerprint density at radius 1 is 0.833 bits per heavy atom. The third-order valence-corrected chi connectivity index (χ3v) is 16.0. The highest BCUT2D eigenvalue weighted by Gasteiger charge is 2.53. The maximum atomic E-state index is 13.0. The number of carbonyl (C=O) groups is 2. The summed E-state index contributed by atoms with van der Waals surface area (Å²) >= 11 is 1.40. The Labute approximate surface area is 322 Å². The normalized spacial score (nSPS) is 16.0. The predicted molar refractivity (Wildman–Crippen MR) is 220 cm³/mol. The Morgan fingerprint density at radius 3 is 1.94 bits per heavy atom. The minimum atomic E-state index is -2.14. The number of ether oxygens (including phenoxy) is 2. The van der Waals surface area contributed by atoms with Crippen molar-refractivity contribution in [3.8, 4) is 11.1 Å². The lowest BCUT2D eigenvalue weighted by atomic mass is 9.79. The fourth-order valence-electron chi connectivity index (χ4n) is 8.53. The number of alkyl carbamates (subject to hydrolysis) is 1. The Kier molecular flexibility index (Phi) is 9.11. The molecule has 2 N–H and O–H groups in total. The molecule has 8 rings (SSSR count). The topological polar surface area (TPSA) is 91.3 Å². The summed E-state index contributed by atoms with van der Waals surface area (Å²) in [7, 11) is 6.17. The van der Waals surface area contributed by atoms with Crippen molar-refractivity contribution in [2.75, 3.05) is 50.4 Å². The van der Waals surface area contributed by atoms with Crippen LogP contribution in [0.4, 0.5) is 16.2 Å². The molecule has 10 heteroatoms. The molecule has 0 aromatic heterocycles. The van der Waals surface area contributed by atoms with Crippen LogP contribution in [0.25, 0.3) is 11.1 Å². The van der Waals surface area contributed by atoms with Gasteiger partial charge in [0.1, 0.15) is 26.3 Å². The Bertz CT molecular complexity index is 2200. The molecule has 1 spiro atoms. The minimum absolute atomic E-state index is 0.112. The summed E-state index contributed by atoms with van der Waals surface area (Å²) in [6.07, 6.45) is -0.745. The molecule has 54 heavy (non-hydrogen) atoms. The minimum Gasteiger partial charge on any atom is -0.480 e. The average Bonchev–Trinajstić information content (AvgIpc) is 3.70. The van der Waals surface area contributed by atoms with Crippen LogP contribution in [-0.2, 0) is 26.5 Å². The number of carboxylic acids is 1. The standard InChI is InChI=1S/C44H45N3O5SSi/c1-46(2)28-15-18-37-40(22-28)54(5,6)41-23-29(47(3)4)16-19-38(41)44(37)36-20-17-30(21-27(36)24-52-44)53-26-39(42(48)49)45-43(50)51-25-35-33-13-9-7-11-31(33)32-12-8-10-14-34(32)35/h7-23,35,39H,24-26H2,1-6H3,(H,45,50)(H,48,49)/t39-/m0/s1. The summed E-state index contributed by atoms with van der Waals surface area (Å²) in [6, 6.07) is 35.0. The van der Waals surface area contributed by atoms with E-state index in [2.05, 4.69) is 129 Å². The van der Waals surface area contributed by atoms with Crippen molar-refractivity contribution in [1.29, 1.82) is 0 Å². The van der Waals surface area contributed by atoms with Gasteiger partial charge in [0.15, 0.2) is 0 Å². The van der Waals surface area contributed by atoms with Gasteiger partial charge >= 0.3 is 12.1 Å². The second kappa shape index (κ2) is 13.7. The number of fused-ring (bicyclic) bond motifs is 9. The van der Waals surface area contributed by atoms with E-state index in [1.165, 1.54) is 44.6 Å². The lowest BCUT2D eigenvalue weighted by Crippen LogP contribution is -2.63. The summed E-state index contributed by atoms with van der Waals surface area (Å²) in [6.45, 7) is 5.41. The number of rotatable bonds is 9. The van der Waals surface area contributed by atoms with Gasteiger partial charge in [0.25, 0.3) is 0 Å². The number of benzene rings is 5. The largest absolute Gasteiger partial charge is 0.480 e. The van der Waals surface area contributed by atoms with Crippen LogP contribution in [0.3, 0.4) is 0 Å². The third kappa shape index (κ3) is 5.88. The van der Waals surface area contributed by atoms with E-state index in [0.717, 1.165) is 38.3 Å². The van der Waals surface area contributed by atoms with Gasteiger partial charge in [-0.2, -0.15) is 0 Å². The molecule has 0 fully saturated rings. The Morgan fingerprint density at radius 2 is 1.39 bits per heavy atom. The zero-order valence-electron chi connectivity index (χ0n) is 31.5. The Hall–Kier alpha value is -5.03. The van der Waals surface area contributed by atoms with Gasteiger partial charge in [0.2, 0.25) is 0 Å². The predicted octanol–water partition coefficient (Wildman–Crippen LogP) is 6.86. The molecule has 1 aliphatic carbocycles. The van der Waals surface area contributed by atoms with Crippen molar-refractivity contribution in [2.45, 2.75) is 42.2 Å². The first-order valence-electron chi connectivity index (χ1n) is 18.3. The second-order valence-corrected chi connectivity index (χ2v) is 20.8. The van der Waals surface area contributed by atoms with Crippen LogP contribution in [0.2, 0.25) is 13.1 Å². The molecule has 0 saturated heterocycles. The van der Waals surface area contributed by atoms with Crippen LogP contribution in [0.1, 0.15) is 39.3 Å². The van der Waals surface area contributed by atoms with Crippen molar-refractivity contribution in [2.24, 2.45) is 0 Å². The fraction of sp³-hybridized carbons (Fsp3) is 0.273. The average molecular weight is 756 g/mol. The second-order valence-electron chi connectivity index (χ2n) is 15.3. The zero-order valence-corrected chi connectivity index (χ0v) is 33.3. The van der Waals surface area contributed by atoms with Crippen LogP contribution in [-0.4, -0.2) is 71.8 Å². The maximum Gasteiger partial charge on any atom is 0.407 e. The molecule has 0 unspecified atom stereocenters. The van der Waals surface area contributed by atoms with Gasteiger partial charge in [-0.25, -0.2) is 9.59 Å². The molecular formula is C44H45N3O5SSi. The van der Waals surface area contributed by atoms with Gasteiger partial charge < -0.3 is 29.7 Å². The van der Waals surface area contributed by atoms with E-state index in [9.17, 15) is 14.7 Å². The highest BCUT2D eigenvalue weighted by atomic mass is 32.2. The molecule has 276 valence electrons. The first-order chi connectivity index (χ1) is 25.9. The third-order valence-electron chi connectivity index (χ3n) is 11.4. The van der Waals surface area contributed by atoms with Crippen molar-refractivity contribution in [3.63, 3.8) is 0 Å². The first kappa shape index (κ1) is 36.0. The van der Waals surface area contributed by atoms with Crippen molar-refractivity contribution >= 4 is 53.6 Å². The highest BCUT2D eigenvalue weighted by Crippen LogP contribution is 2.50. The molecule has 2 heterocycles. The summed E-state index contributed by atoms with van der Waals surface area (Å²) in [5.74, 6) is -1.09. The smallest absolute Gasteiger partial charge is 0.407 e. The summed E-state index contributed by atoms with van der Waals surface area (Å²) in [5, 5.41) is 15.4. The van der Waals surface area contributed by atoms with E-state index in [1.807, 2.05) is 30.3 Å². The first-order valence-corrected chi connectivity index (χ1v) is 22.3. The number of aliphatic carboxylic acids is 1. The molecule has 1 atom stereocenters. The van der Waals surface area contributed by atoms with Crippen LogP contribution < -0.4 is 25.5 Å². The van der Waals surface area contributed by atoms with Crippen LogP contribution in [0.5, 0.6) is 0 Å². The quantitative estimate of drug-likeness (QED) is 0.125. The number of carboxylic acid groups (broad SMARTS) is 1. The van der Waals surface area contributed by atoms with Gasteiger partial charge in [0.05, 0.1) is 6.61 Å². The van der Waals surface area contributed by atoms with Crippen LogP contribution >= 0.6 is 11.8 Å². The molecule has 5 aromatic rings. The van der Waals surface area contributed by atoms with Crippen molar-refractivity contribution in [1.82, 2.24) is 5.32 Å². The number of carbonyl (C=O) groups excluding carboxylic acids is 1. The Balaban J connectivity index is 1.02. The zero-order chi connectivity index (χ0) is 37.9. The monoisotopic (exact) mass is 755 g/mol. The van der Waals surface area contributed by atoms with E-state index in [1.54, 1.807) is 0 Å². The molecule has 0 bridgehead atoms. The van der Waals surface area contributed by atoms with Crippen LogP contribution in [0, 0.1) is 0 Å². The number of hydrogen-bond donors (Lipinski definition) is 2. The van der Waals surface area contributed by atoms with Gasteiger partial charge in [0, 0.05) is 56.1 Å². The van der Waals surface area contributed by atoms with E-state index in [4.69, 9.17) is 9.47 Å². The summed E-state index contributed by atoms with van der Waals surface area (Å²) < 4.78 is 12.7. The van der Waals surface area contributed by atoms with Crippen molar-refractivity contribution in [3.05, 3.63) is 137 Å². The highest BCUT2D eigenvalue weighted by molar-refractivity contribution is 7.99. The van der Waals surface area contributed by atoms with E-state index < -0.39 is 31.8 Å².